The molecule has 0 saturated carbocycles. The molecule has 0 aromatic carbocycles. The molecule has 2 unspecified atom stereocenters. The number of aliphatic hydroxyl groups excluding tert-OH is 1. The smallest absolute Gasteiger partial charge is 0.308 e. The van der Waals surface area contributed by atoms with Gasteiger partial charge in [0.1, 0.15) is 0 Å². The van der Waals surface area contributed by atoms with Gasteiger partial charge in [-0.3, -0.25) is 4.79 Å². The summed E-state index contributed by atoms with van der Waals surface area (Å²) in [6, 6.07) is 0. The third kappa shape index (κ3) is 6.33. The zero-order chi connectivity index (χ0) is 13.4. The van der Waals surface area contributed by atoms with Crippen molar-refractivity contribution in [2.45, 2.75) is 32.3 Å². The van der Waals surface area contributed by atoms with Gasteiger partial charge in [0.15, 0.2) is 0 Å². The molecule has 1 fully saturated rings. The van der Waals surface area contributed by atoms with Gasteiger partial charge >= 0.3 is 5.97 Å². The molecule has 5 heteroatoms. The van der Waals surface area contributed by atoms with Crippen molar-refractivity contribution in [2.24, 2.45) is 5.92 Å². The fourth-order valence-corrected chi connectivity index (χ4v) is 2.38. The lowest BCUT2D eigenvalue weighted by molar-refractivity contribution is -0.145. The van der Waals surface area contributed by atoms with Crippen molar-refractivity contribution in [3.8, 4) is 0 Å². The van der Waals surface area contributed by atoms with Gasteiger partial charge in [0.05, 0.1) is 19.1 Å². The summed E-state index contributed by atoms with van der Waals surface area (Å²) in [5.41, 5.74) is 0. The molecule has 2 N–H and O–H groups in total. The number of piperidine rings is 1. The second-order valence-corrected chi connectivity index (χ2v) is 5.09. The van der Waals surface area contributed by atoms with Gasteiger partial charge in [0.2, 0.25) is 0 Å². The molecule has 2 atom stereocenters. The van der Waals surface area contributed by atoms with Gasteiger partial charge in [-0.25, -0.2) is 0 Å². The molecule has 0 aromatic heterocycles. The Bertz CT molecular complexity index is 248. The van der Waals surface area contributed by atoms with Gasteiger partial charge in [0, 0.05) is 13.1 Å². The lowest BCUT2D eigenvalue weighted by Gasteiger charge is -2.30. The number of aliphatic hydroxyl groups is 1. The van der Waals surface area contributed by atoms with Gasteiger partial charge in [-0.1, -0.05) is 0 Å². The Labute approximate surface area is 109 Å². The number of rotatable bonds is 7. The molecule has 5 nitrogen and oxygen atoms in total. The molecule has 0 spiro atoms. The van der Waals surface area contributed by atoms with Crippen LogP contribution in [0.1, 0.15) is 26.2 Å². The minimum Gasteiger partial charge on any atom is -0.466 e. The first-order valence-corrected chi connectivity index (χ1v) is 6.84. The molecule has 0 amide bonds. The van der Waals surface area contributed by atoms with Gasteiger partial charge in [-0.2, -0.15) is 0 Å². The first kappa shape index (κ1) is 15.4. The Morgan fingerprint density at radius 3 is 3.06 bits per heavy atom. The molecule has 0 aromatic rings. The average molecular weight is 258 g/mol. The van der Waals surface area contributed by atoms with Gasteiger partial charge < -0.3 is 20.1 Å². The van der Waals surface area contributed by atoms with E-state index in [-0.39, 0.29) is 12.4 Å². The van der Waals surface area contributed by atoms with Crippen LogP contribution >= 0.6 is 0 Å². The SMILES string of the molecule is CCOC(=O)CC(O)CNCC1CCCN(C)C1. The fourth-order valence-electron chi connectivity index (χ4n) is 2.38. The van der Waals surface area contributed by atoms with Crippen molar-refractivity contribution in [1.82, 2.24) is 10.2 Å². The molecule has 0 radical (unpaired) electrons. The van der Waals surface area contributed by atoms with Crippen LogP contribution in [0.3, 0.4) is 0 Å². The van der Waals surface area contributed by atoms with E-state index in [1.165, 1.54) is 19.4 Å². The second-order valence-electron chi connectivity index (χ2n) is 5.09. The second kappa shape index (κ2) is 8.45. The zero-order valence-corrected chi connectivity index (χ0v) is 11.5. The topological polar surface area (TPSA) is 61.8 Å². The molecule has 0 aliphatic carbocycles. The molecule has 1 heterocycles. The maximum absolute atomic E-state index is 11.1. The summed E-state index contributed by atoms with van der Waals surface area (Å²) in [7, 11) is 2.14. The van der Waals surface area contributed by atoms with Crippen molar-refractivity contribution in [3.05, 3.63) is 0 Å². The summed E-state index contributed by atoms with van der Waals surface area (Å²) in [6.07, 6.45) is 1.91. The maximum atomic E-state index is 11.1. The number of hydrogen-bond acceptors (Lipinski definition) is 5. The number of esters is 1. The van der Waals surface area contributed by atoms with Crippen LogP contribution in [-0.4, -0.2) is 61.9 Å². The van der Waals surface area contributed by atoms with Crippen LogP contribution in [0.4, 0.5) is 0 Å². The van der Waals surface area contributed by atoms with Crippen LogP contribution in [0.25, 0.3) is 0 Å². The predicted molar refractivity (Wildman–Crippen MR) is 70.3 cm³/mol. The fraction of sp³-hybridized carbons (Fsp3) is 0.923. The first-order chi connectivity index (χ1) is 8.61. The summed E-state index contributed by atoms with van der Waals surface area (Å²) in [6.45, 7) is 5.79. The molecule has 1 rings (SSSR count). The summed E-state index contributed by atoms with van der Waals surface area (Å²) >= 11 is 0. The molecular weight excluding hydrogens is 232 g/mol. The van der Waals surface area contributed by atoms with E-state index in [4.69, 9.17) is 4.74 Å². The first-order valence-electron chi connectivity index (χ1n) is 6.84. The van der Waals surface area contributed by atoms with E-state index in [1.807, 2.05) is 0 Å². The third-order valence-corrected chi connectivity index (χ3v) is 3.24. The van der Waals surface area contributed by atoms with E-state index in [1.54, 1.807) is 6.92 Å². The number of nitrogens with one attached hydrogen (secondary N) is 1. The number of likely N-dealkylation sites (tertiary alicyclic amines) is 1. The normalized spacial score (nSPS) is 22.7. The molecule has 1 aliphatic rings. The highest BCUT2D eigenvalue weighted by Crippen LogP contribution is 2.13. The van der Waals surface area contributed by atoms with Gasteiger partial charge in [0.25, 0.3) is 0 Å². The van der Waals surface area contributed by atoms with Crippen LogP contribution in [0.5, 0.6) is 0 Å². The van der Waals surface area contributed by atoms with E-state index in [0.29, 0.717) is 19.1 Å². The third-order valence-electron chi connectivity index (χ3n) is 3.24. The molecule has 18 heavy (non-hydrogen) atoms. The standard InChI is InChI=1S/C13H26N2O3/c1-3-18-13(17)7-12(16)9-14-8-11-5-4-6-15(2)10-11/h11-12,14,16H,3-10H2,1-2H3. The highest BCUT2D eigenvalue weighted by atomic mass is 16.5. The van der Waals surface area contributed by atoms with Crippen LogP contribution in [0.15, 0.2) is 0 Å². The van der Waals surface area contributed by atoms with Gasteiger partial charge in [-0.15, -0.1) is 0 Å². The lowest BCUT2D eigenvalue weighted by Crippen LogP contribution is -2.39. The van der Waals surface area contributed by atoms with E-state index in [9.17, 15) is 9.90 Å². The number of carbonyl (C=O) groups excluding carboxylic acids is 1. The molecule has 1 aliphatic heterocycles. The summed E-state index contributed by atoms with van der Waals surface area (Å²) < 4.78 is 4.79. The highest BCUT2D eigenvalue weighted by molar-refractivity contribution is 5.69. The highest BCUT2D eigenvalue weighted by Gasteiger charge is 2.17. The molecule has 0 bridgehead atoms. The van der Waals surface area contributed by atoms with E-state index < -0.39 is 6.10 Å². The largest absolute Gasteiger partial charge is 0.466 e. The predicted octanol–water partition coefficient (Wildman–Crippen LogP) is 0.232. The van der Waals surface area contributed by atoms with Crippen LogP contribution in [-0.2, 0) is 9.53 Å². The lowest BCUT2D eigenvalue weighted by atomic mass is 9.98. The van der Waals surface area contributed by atoms with Crippen molar-refractivity contribution in [2.75, 3.05) is 39.8 Å². The van der Waals surface area contributed by atoms with Gasteiger partial charge in [-0.05, 0) is 45.8 Å². The van der Waals surface area contributed by atoms with Crippen molar-refractivity contribution in [1.29, 1.82) is 0 Å². The quantitative estimate of drug-likeness (QED) is 0.640. The van der Waals surface area contributed by atoms with E-state index in [2.05, 4.69) is 17.3 Å². The Morgan fingerprint density at radius 1 is 1.61 bits per heavy atom. The van der Waals surface area contributed by atoms with Crippen molar-refractivity contribution >= 4 is 5.97 Å². The Morgan fingerprint density at radius 2 is 2.39 bits per heavy atom. The molecule has 106 valence electrons. The minimum absolute atomic E-state index is 0.0748. The minimum atomic E-state index is -0.648. The van der Waals surface area contributed by atoms with Crippen LogP contribution < -0.4 is 5.32 Å². The molecule has 1 saturated heterocycles. The number of ether oxygens (including phenoxy) is 1. The van der Waals surface area contributed by atoms with Crippen molar-refractivity contribution in [3.63, 3.8) is 0 Å². The average Bonchev–Trinajstić information content (AvgIpc) is 2.29. The number of nitrogens with zero attached hydrogens (tertiary/aromatic N) is 1. The number of hydrogen-bond donors (Lipinski definition) is 2. The van der Waals surface area contributed by atoms with E-state index >= 15 is 0 Å². The number of carbonyl (C=O) groups is 1. The van der Waals surface area contributed by atoms with E-state index in [0.717, 1.165) is 13.1 Å². The Hall–Kier alpha value is -0.650. The maximum Gasteiger partial charge on any atom is 0.308 e. The zero-order valence-electron chi connectivity index (χ0n) is 11.5. The molecular formula is C13H26N2O3. The van der Waals surface area contributed by atoms with Crippen molar-refractivity contribution < 1.29 is 14.6 Å². The Balaban J connectivity index is 2.07. The summed E-state index contributed by atoms with van der Waals surface area (Å²) in [5.74, 6) is 0.322. The summed E-state index contributed by atoms with van der Waals surface area (Å²) in [4.78, 5) is 13.5. The van der Waals surface area contributed by atoms with Crippen LogP contribution in [0, 0.1) is 5.92 Å². The monoisotopic (exact) mass is 258 g/mol. The summed E-state index contributed by atoms with van der Waals surface area (Å²) in [5, 5.41) is 12.9. The van der Waals surface area contributed by atoms with Crippen LogP contribution in [0.2, 0.25) is 0 Å². The Kier molecular flexibility index (Phi) is 7.23.